The number of para-hydroxylation sites is 1. The predicted octanol–water partition coefficient (Wildman–Crippen LogP) is 1.80. The fraction of sp³-hybridized carbons (Fsp3) is 0.562. The first-order chi connectivity index (χ1) is 10.1. The normalized spacial score (nSPS) is 15.2. The van der Waals surface area contributed by atoms with Crippen molar-refractivity contribution in [2.45, 2.75) is 32.9 Å². The molecule has 21 heavy (non-hydrogen) atoms. The molecule has 5 nitrogen and oxygen atoms in total. The maximum atomic E-state index is 12.0. The van der Waals surface area contributed by atoms with Crippen molar-refractivity contribution in [2.24, 2.45) is 0 Å². The highest BCUT2D eigenvalue weighted by molar-refractivity contribution is 5.81. The number of fused-ring (bicyclic) bond motifs is 1. The third-order valence-electron chi connectivity index (χ3n) is 3.67. The number of rotatable bonds is 5. The standard InChI is InChI=1S/C16H24N2O3/c1-4-18(3)16(19)12(2)17-11-13-7-5-8-14-15(13)21-10-6-9-20-14/h5,7-8,12,17H,4,6,9-11H2,1-3H3. The summed E-state index contributed by atoms with van der Waals surface area (Å²) in [5, 5.41) is 3.26. The van der Waals surface area contributed by atoms with E-state index in [1.54, 1.807) is 4.90 Å². The van der Waals surface area contributed by atoms with Crippen molar-refractivity contribution >= 4 is 5.91 Å². The maximum Gasteiger partial charge on any atom is 0.239 e. The molecule has 1 aromatic rings. The van der Waals surface area contributed by atoms with Gasteiger partial charge in [-0.05, 0) is 19.9 Å². The molecule has 1 heterocycles. The molecule has 0 aliphatic carbocycles. The minimum Gasteiger partial charge on any atom is -0.490 e. The molecule has 1 aromatic carbocycles. The molecule has 0 spiro atoms. The Bertz CT molecular complexity index is 490. The van der Waals surface area contributed by atoms with Crippen molar-refractivity contribution in [3.63, 3.8) is 0 Å². The lowest BCUT2D eigenvalue weighted by molar-refractivity contribution is -0.131. The quantitative estimate of drug-likeness (QED) is 0.899. The number of hydrogen-bond acceptors (Lipinski definition) is 4. The zero-order chi connectivity index (χ0) is 15.2. The van der Waals surface area contributed by atoms with Crippen molar-refractivity contribution in [2.75, 3.05) is 26.8 Å². The van der Waals surface area contributed by atoms with Crippen LogP contribution in [-0.2, 0) is 11.3 Å². The molecule has 1 amide bonds. The first-order valence-corrected chi connectivity index (χ1v) is 7.49. The van der Waals surface area contributed by atoms with E-state index in [0.29, 0.717) is 26.3 Å². The maximum absolute atomic E-state index is 12.0. The molecule has 2 rings (SSSR count). The Hall–Kier alpha value is -1.75. The van der Waals surface area contributed by atoms with Gasteiger partial charge in [0.1, 0.15) is 0 Å². The molecule has 0 bridgehead atoms. The van der Waals surface area contributed by atoms with E-state index >= 15 is 0 Å². The monoisotopic (exact) mass is 292 g/mol. The van der Waals surface area contributed by atoms with Gasteiger partial charge in [-0.15, -0.1) is 0 Å². The Balaban J connectivity index is 2.02. The van der Waals surface area contributed by atoms with Crippen molar-refractivity contribution in [3.05, 3.63) is 23.8 Å². The van der Waals surface area contributed by atoms with Crippen LogP contribution in [0.15, 0.2) is 18.2 Å². The first-order valence-electron chi connectivity index (χ1n) is 7.49. The minimum absolute atomic E-state index is 0.0942. The lowest BCUT2D eigenvalue weighted by Gasteiger charge is -2.21. The smallest absolute Gasteiger partial charge is 0.239 e. The van der Waals surface area contributed by atoms with Gasteiger partial charge in [-0.3, -0.25) is 4.79 Å². The highest BCUT2D eigenvalue weighted by atomic mass is 16.5. The van der Waals surface area contributed by atoms with Crippen LogP contribution in [0.4, 0.5) is 0 Å². The highest BCUT2D eigenvalue weighted by Gasteiger charge is 2.18. The van der Waals surface area contributed by atoms with Gasteiger partial charge in [0.2, 0.25) is 5.91 Å². The Labute approximate surface area is 126 Å². The van der Waals surface area contributed by atoms with Gasteiger partial charge in [0, 0.05) is 32.1 Å². The van der Waals surface area contributed by atoms with E-state index in [0.717, 1.165) is 23.5 Å². The Morgan fingerprint density at radius 1 is 1.38 bits per heavy atom. The number of nitrogens with zero attached hydrogens (tertiary/aromatic N) is 1. The van der Waals surface area contributed by atoms with Gasteiger partial charge >= 0.3 is 0 Å². The van der Waals surface area contributed by atoms with E-state index in [1.807, 2.05) is 39.1 Å². The lowest BCUT2D eigenvalue weighted by Crippen LogP contribution is -2.42. The molecule has 1 aliphatic rings. The molecule has 0 saturated heterocycles. The van der Waals surface area contributed by atoms with Gasteiger partial charge in [0.25, 0.3) is 0 Å². The van der Waals surface area contributed by atoms with Crippen molar-refractivity contribution in [1.29, 1.82) is 0 Å². The molecule has 1 N–H and O–H groups in total. The molecule has 0 aromatic heterocycles. The van der Waals surface area contributed by atoms with E-state index < -0.39 is 0 Å². The molecule has 0 fully saturated rings. The number of amides is 1. The topological polar surface area (TPSA) is 50.8 Å². The predicted molar refractivity (Wildman–Crippen MR) is 81.7 cm³/mol. The van der Waals surface area contributed by atoms with Crippen LogP contribution in [0.2, 0.25) is 0 Å². The highest BCUT2D eigenvalue weighted by Crippen LogP contribution is 2.33. The summed E-state index contributed by atoms with van der Waals surface area (Å²) in [7, 11) is 1.81. The van der Waals surface area contributed by atoms with Crippen LogP contribution >= 0.6 is 0 Å². The lowest BCUT2D eigenvalue weighted by atomic mass is 10.1. The van der Waals surface area contributed by atoms with E-state index in [-0.39, 0.29) is 11.9 Å². The van der Waals surface area contributed by atoms with Crippen molar-refractivity contribution in [1.82, 2.24) is 10.2 Å². The average Bonchev–Trinajstić information content (AvgIpc) is 2.76. The van der Waals surface area contributed by atoms with Crippen molar-refractivity contribution in [3.8, 4) is 11.5 Å². The van der Waals surface area contributed by atoms with Crippen LogP contribution in [0.1, 0.15) is 25.8 Å². The van der Waals surface area contributed by atoms with Gasteiger partial charge in [0.05, 0.1) is 19.3 Å². The van der Waals surface area contributed by atoms with Gasteiger partial charge in [-0.1, -0.05) is 12.1 Å². The van der Waals surface area contributed by atoms with E-state index in [2.05, 4.69) is 5.32 Å². The molecule has 1 aliphatic heterocycles. The number of nitrogens with one attached hydrogen (secondary N) is 1. The fourth-order valence-electron chi connectivity index (χ4n) is 2.23. The largest absolute Gasteiger partial charge is 0.490 e. The molecule has 0 saturated carbocycles. The number of ether oxygens (including phenoxy) is 2. The van der Waals surface area contributed by atoms with Gasteiger partial charge in [-0.2, -0.15) is 0 Å². The van der Waals surface area contributed by atoms with E-state index in [1.165, 1.54) is 0 Å². The van der Waals surface area contributed by atoms with E-state index in [4.69, 9.17) is 9.47 Å². The summed E-state index contributed by atoms with van der Waals surface area (Å²) in [5.41, 5.74) is 1.02. The zero-order valence-corrected chi connectivity index (χ0v) is 13.0. The molecule has 1 atom stereocenters. The molecule has 116 valence electrons. The molecule has 0 radical (unpaired) electrons. The molecule has 5 heteroatoms. The van der Waals surface area contributed by atoms with Crippen molar-refractivity contribution < 1.29 is 14.3 Å². The Morgan fingerprint density at radius 2 is 2.14 bits per heavy atom. The summed E-state index contributed by atoms with van der Waals surface area (Å²) in [4.78, 5) is 13.8. The number of carbonyl (C=O) groups is 1. The third-order valence-corrected chi connectivity index (χ3v) is 3.67. The fourth-order valence-corrected chi connectivity index (χ4v) is 2.23. The summed E-state index contributed by atoms with van der Waals surface area (Å²) in [5.74, 6) is 1.68. The first kappa shape index (κ1) is 15.6. The summed E-state index contributed by atoms with van der Waals surface area (Å²) in [6, 6.07) is 5.65. The van der Waals surface area contributed by atoms with Crippen LogP contribution < -0.4 is 14.8 Å². The van der Waals surface area contributed by atoms with Crippen LogP contribution in [0, 0.1) is 0 Å². The minimum atomic E-state index is -0.225. The molecule has 1 unspecified atom stereocenters. The zero-order valence-electron chi connectivity index (χ0n) is 13.0. The number of carbonyl (C=O) groups excluding carboxylic acids is 1. The van der Waals surface area contributed by atoms with Crippen LogP contribution in [-0.4, -0.2) is 43.7 Å². The second-order valence-electron chi connectivity index (χ2n) is 5.25. The Morgan fingerprint density at radius 3 is 2.90 bits per heavy atom. The third kappa shape index (κ3) is 3.88. The second-order valence-corrected chi connectivity index (χ2v) is 5.25. The van der Waals surface area contributed by atoms with Gasteiger partial charge in [-0.25, -0.2) is 0 Å². The molecular weight excluding hydrogens is 268 g/mol. The van der Waals surface area contributed by atoms with Gasteiger partial charge < -0.3 is 19.7 Å². The van der Waals surface area contributed by atoms with Crippen LogP contribution in [0.5, 0.6) is 11.5 Å². The summed E-state index contributed by atoms with van der Waals surface area (Å²) >= 11 is 0. The summed E-state index contributed by atoms with van der Waals surface area (Å²) < 4.78 is 11.5. The number of likely N-dealkylation sites (N-methyl/N-ethyl adjacent to an activating group) is 1. The number of benzene rings is 1. The van der Waals surface area contributed by atoms with E-state index in [9.17, 15) is 4.79 Å². The molecular formula is C16H24N2O3. The number of hydrogen-bond donors (Lipinski definition) is 1. The second kappa shape index (κ2) is 7.31. The van der Waals surface area contributed by atoms with Gasteiger partial charge in [0.15, 0.2) is 11.5 Å². The Kier molecular flexibility index (Phi) is 5.44. The van der Waals surface area contributed by atoms with Crippen LogP contribution in [0.3, 0.4) is 0 Å². The average molecular weight is 292 g/mol. The summed E-state index contributed by atoms with van der Waals surface area (Å²) in [6.45, 7) is 6.48. The van der Waals surface area contributed by atoms with Crippen LogP contribution in [0.25, 0.3) is 0 Å². The summed E-state index contributed by atoms with van der Waals surface area (Å²) in [6.07, 6.45) is 0.887. The SMILES string of the molecule is CCN(C)C(=O)C(C)NCc1cccc2c1OCCCO2.